The summed E-state index contributed by atoms with van der Waals surface area (Å²) >= 11 is 7.31. The molecule has 3 aromatic rings. The van der Waals surface area contributed by atoms with Crippen molar-refractivity contribution in [2.24, 2.45) is 0 Å². The van der Waals surface area contributed by atoms with Crippen LogP contribution in [0.15, 0.2) is 42.5 Å². The van der Waals surface area contributed by atoms with Crippen molar-refractivity contribution in [1.29, 1.82) is 0 Å². The van der Waals surface area contributed by atoms with Gasteiger partial charge in [0, 0.05) is 17.1 Å². The minimum Gasteiger partial charge on any atom is -0.391 e. The number of nitrogens with zero attached hydrogens (tertiary/aromatic N) is 2. The van der Waals surface area contributed by atoms with Crippen molar-refractivity contribution in [3.63, 3.8) is 0 Å². The Hall–Kier alpha value is -2.48. The van der Waals surface area contributed by atoms with E-state index < -0.39 is 5.60 Å². The third kappa shape index (κ3) is 5.03. The lowest BCUT2D eigenvalue weighted by molar-refractivity contribution is 0.0692. The number of thiophene rings is 1. The first-order valence-corrected chi connectivity index (χ1v) is 9.42. The number of anilines is 1. The lowest BCUT2D eigenvalue weighted by Gasteiger charge is -2.17. The van der Waals surface area contributed by atoms with Crippen LogP contribution in [0.3, 0.4) is 0 Å². The molecule has 140 valence electrons. The van der Waals surface area contributed by atoms with Crippen LogP contribution in [0.1, 0.15) is 24.3 Å². The van der Waals surface area contributed by atoms with Crippen molar-refractivity contribution < 1.29 is 9.90 Å². The molecule has 2 heterocycles. The maximum Gasteiger partial charge on any atom is 0.270 e. The maximum absolute atomic E-state index is 12.6. The number of hydrogen-bond donors (Lipinski definition) is 3. The highest BCUT2D eigenvalue weighted by Gasteiger charge is 2.18. The molecule has 1 amide bonds. The molecule has 0 spiro atoms. The van der Waals surface area contributed by atoms with Crippen LogP contribution in [-0.2, 0) is 0 Å². The Morgan fingerprint density at radius 3 is 2.52 bits per heavy atom. The van der Waals surface area contributed by atoms with Crippen LogP contribution < -0.4 is 11.1 Å². The predicted octanol–water partition coefficient (Wildman–Crippen LogP) is 3.61. The largest absolute Gasteiger partial charge is 0.391 e. The van der Waals surface area contributed by atoms with E-state index in [1.54, 1.807) is 38.1 Å². The normalized spacial score (nSPS) is 11.4. The third-order valence-electron chi connectivity index (χ3n) is 3.63. The van der Waals surface area contributed by atoms with E-state index >= 15 is 0 Å². The number of aliphatic hydroxyl groups is 1. The zero-order valence-corrected chi connectivity index (χ0v) is 16.4. The third-order valence-corrected chi connectivity index (χ3v) is 4.79. The fourth-order valence-electron chi connectivity index (χ4n) is 2.30. The summed E-state index contributed by atoms with van der Waals surface area (Å²) in [5.41, 5.74) is 6.41. The van der Waals surface area contributed by atoms with Crippen LogP contribution in [0, 0.1) is 0 Å². The van der Waals surface area contributed by atoms with Crippen molar-refractivity contribution in [3.05, 3.63) is 53.2 Å². The van der Waals surface area contributed by atoms with Crippen LogP contribution in [0.2, 0.25) is 5.02 Å². The number of carbonyl (C=O) groups excluding carboxylic acids is 1. The van der Waals surface area contributed by atoms with E-state index in [1.807, 2.05) is 18.2 Å². The molecule has 1 aromatic carbocycles. The van der Waals surface area contributed by atoms with E-state index in [4.69, 9.17) is 17.3 Å². The van der Waals surface area contributed by atoms with Gasteiger partial charge in [-0.1, -0.05) is 23.7 Å². The molecule has 4 N–H and O–H groups in total. The highest BCUT2D eigenvalue weighted by molar-refractivity contribution is 7.19. The summed E-state index contributed by atoms with van der Waals surface area (Å²) in [5.74, 6) is 0.0260. The number of rotatable bonds is 5. The number of hydrogen-bond acceptors (Lipinski definition) is 6. The van der Waals surface area contributed by atoms with E-state index in [2.05, 4.69) is 15.3 Å². The van der Waals surface area contributed by atoms with Crippen LogP contribution in [-0.4, -0.2) is 33.1 Å². The van der Waals surface area contributed by atoms with Crippen molar-refractivity contribution in [1.82, 2.24) is 15.3 Å². The summed E-state index contributed by atoms with van der Waals surface area (Å²) in [5, 5.41) is 13.8. The second kappa shape index (κ2) is 7.64. The number of halogens is 1. The molecule has 0 unspecified atom stereocenters. The monoisotopic (exact) mass is 402 g/mol. The van der Waals surface area contributed by atoms with Gasteiger partial charge in [0.25, 0.3) is 5.91 Å². The first-order chi connectivity index (χ1) is 12.7. The average Bonchev–Trinajstić information content (AvgIpc) is 3.06. The molecule has 0 aliphatic heterocycles. The SMILES string of the molecule is CC(C)(O)CNC(=O)c1cc(-c2ccc(Cl)cc2)nc(-c2ccc(N)s2)n1. The Bertz CT molecular complexity index is 965. The molecule has 8 heteroatoms. The molecular weight excluding hydrogens is 384 g/mol. The summed E-state index contributed by atoms with van der Waals surface area (Å²) in [6, 6.07) is 12.4. The van der Waals surface area contributed by atoms with Crippen LogP contribution in [0.25, 0.3) is 22.0 Å². The molecular formula is C19H19ClN4O2S. The number of nitrogens with two attached hydrogens (primary N) is 1. The van der Waals surface area contributed by atoms with E-state index in [-0.39, 0.29) is 18.1 Å². The molecule has 6 nitrogen and oxygen atoms in total. The molecule has 0 aliphatic rings. The zero-order valence-electron chi connectivity index (χ0n) is 14.9. The van der Waals surface area contributed by atoms with Crippen molar-refractivity contribution in [2.45, 2.75) is 19.4 Å². The number of carbonyl (C=O) groups is 1. The van der Waals surface area contributed by atoms with E-state index in [0.29, 0.717) is 21.5 Å². The van der Waals surface area contributed by atoms with Gasteiger partial charge in [0.15, 0.2) is 5.82 Å². The first-order valence-electron chi connectivity index (χ1n) is 8.22. The maximum atomic E-state index is 12.6. The highest BCUT2D eigenvalue weighted by Crippen LogP contribution is 2.29. The van der Waals surface area contributed by atoms with Gasteiger partial charge in [0.2, 0.25) is 0 Å². The molecule has 3 rings (SSSR count). The van der Waals surface area contributed by atoms with Crippen LogP contribution in [0.5, 0.6) is 0 Å². The average molecular weight is 403 g/mol. The smallest absolute Gasteiger partial charge is 0.270 e. The van der Waals surface area contributed by atoms with Crippen molar-refractivity contribution >= 4 is 33.8 Å². The number of amides is 1. The van der Waals surface area contributed by atoms with Gasteiger partial charge in [-0.15, -0.1) is 11.3 Å². The zero-order chi connectivity index (χ0) is 19.6. The van der Waals surface area contributed by atoms with Gasteiger partial charge in [0.1, 0.15) is 5.69 Å². The lowest BCUT2D eigenvalue weighted by Crippen LogP contribution is -2.38. The Balaban J connectivity index is 2.02. The molecule has 0 saturated carbocycles. The number of nitrogens with one attached hydrogen (secondary N) is 1. The number of aromatic nitrogens is 2. The number of benzene rings is 1. The standard InChI is InChI=1S/C19H19ClN4O2S/c1-19(2,26)10-22-18(25)14-9-13(11-3-5-12(20)6-4-11)23-17(24-14)15-7-8-16(21)27-15/h3-9,26H,10,21H2,1-2H3,(H,22,25). The quantitative estimate of drug-likeness (QED) is 0.605. The van der Waals surface area contributed by atoms with Crippen LogP contribution in [0.4, 0.5) is 5.00 Å². The molecule has 0 aliphatic carbocycles. The molecule has 0 bridgehead atoms. The van der Waals surface area contributed by atoms with Gasteiger partial charge in [0.05, 0.1) is 21.2 Å². The van der Waals surface area contributed by atoms with Gasteiger partial charge in [-0.3, -0.25) is 4.79 Å². The summed E-state index contributed by atoms with van der Waals surface area (Å²) in [7, 11) is 0. The molecule has 0 saturated heterocycles. The minimum atomic E-state index is -1.02. The minimum absolute atomic E-state index is 0.105. The van der Waals surface area contributed by atoms with E-state index in [9.17, 15) is 9.90 Å². The van der Waals surface area contributed by atoms with E-state index in [1.165, 1.54) is 11.3 Å². The predicted molar refractivity (Wildman–Crippen MR) is 109 cm³/mol. The first kappa shape index (κ1) is 19.3. The highest BCUT2D eigenvalue weighted by atomic mass is 35.5. The molecule has 0 radical (unpaired) electrons. The van der Waals surface area contributed by atoms with Gasteiger partial charge in [-0.2, -0.15) is 0 Å². The van der Waals surface area contributed by atoms with Gasteiger partial charge in [-0.05, 0) is 44.2 Å². The fraction of sp³-hybridized carbons (Fsp3) is 0.211. The molecule has 27 heavy (non-hydrogen) atoms. The second-order valence-corrected chi connectivity index (χ2v) is 8.22. The summed E-state index contributed by atoms with van der Waals surface area (Å²) in [4.78, 5) is 22.3. The Labute approximate surface area is 166 Å². The molecule has 2 aromatic heterocycles. The van der Waals surface area contributed by atoms with Crippen molar-refractivity contribution in [3.8, 4) is 22.0 Å². The Morgan fingerprint density at radius 1 is 1.22 bits per heavy atom. The topological polar surface area (TPSA) is 101 Å². The summed E-state index contributed by atoms with van der Waals surface area (Å²) in [6.45, 7) is 3.34. The fourth-order valence-corrected chi connectivity index (χ4v) is 3.14. The second-order valence-electron chi connectivity index (χ2n) is 6.67. The van der Waals surface area contributed by atoms with E-state index in [0.717, 1.165) is 10.4 Å². The summed E-state index contributed by atoms with van der Waals surface area (Å²) in [6.07, 6.45) is 0. The Morgan fingerprint density at radius 2 is 1.93 bits per heavy atom. The van der Waals surface area contributed by atoms with Gasteiger partial charge < -0.3 is 16.2 Å². The van der Waals surface area contributed by atoms with Gasteiger partial charge in [-0.25, -0.2) is 9.97 Å². The van der Waals surface area contributed by atoms with Crippen molar-refractivity contribution in [2.75, 3.05) is 12.3 Å². The summed E-state index contributed by atoms with van der Waals surface area (Å²) < 4.78 is 0. The molecule has 0 fully saturated rings. The Kier molecular flexibility index (Phi) is 5.46. The number of nitrogen functional groups attached to an aromatic ring is 1. The molecule has 0 atom stereocenters. The lowest BCUT2D eigenvalue weighted by atomic mass is 10.1. The van der Waals surface area contributed by atoms with Gasteiger partial charge >= 0.3 is 0 Å². The van der Waals surface area contributed by atoms with Crippen LogP contribution >= 0.6 is 22.9 Å².